The summed E-state index contributed by atoms with van der Waals surface area (Å²) in [6, 6.07) is 9.80. The van der Waals surface area contributed by atoms with Crippen molar-refractivity contribution in [1.29, 1.82) is 0 Å². The Morgan fingerprint density at radius 2 is 1.73 bits per heavy atom. The largest absolute Gasteiger partial charge is 0.493 e. The number of carbonyl (C=O) groups excluding carboxylic acids is 2. The molecule has 2 aliphatic rings. The van der Waals surface area contributed by atoms with Gasteiger partial charge in [-0.1, -0.05) is 0 Å². The van der Waals surface area contributed by atoms with Crippen LogP contribution in [0.3, 0.4) is 0 Å². The highest BCUT2D eigenvalue weighted by Crippen LogP contribution is 2.30. The molecule has 0 aliphatic carbocycles. The van der Waals surface area contributed by atoms with Crippen LogP contribution in [0, 0.1) is 5.92 Å². The highest BCUT2D eigenvalue weighted by atomic mass is 19.4. The van der Waals surface area contributed by atoms with E-state index >= 15 is 0 Å². The SMILES string of the molecule is O=C(Nc1ccc2c(c1)CCO2)C1CCN(C(=O)c2ccc(C(F)(F)F)cc2)CC1. The number of carbonyl (C=O) groups is 2. The number of alkyl halides is 3. The van der Waals surface area contributed by atoms with E-state index in [1.807, 2.05) is 18.2 Å². The number of nitrogens with zero attached hydrogens (tertiary/aromatic N) is 1. The lowest BCUT2D eigenvalue weighted by atomic mass is 9.95. The van der Waals surface area contributed by atoms with Crippen LogP contribution < -0.4 is 10.1 Å². The zero-order valence-corrected chi connectivity index (χ0v) is 16.2. The van der Waals surface area contributed by atoms with E-state index < -0.39 is 11.7 Å². The van der Waals surface area contributed by atoms with Crippen LogP contribution in [0.1, 0.15) is 34.3 Å². The molecule has 0 radical (unpaired) electrons. The number of fused-ring (bicyclic) bond motifs is 1. The van der Waals surface area contributed by atoms with Gasteiger partial charge in [0, 0.05) is 36.7 Å². The van der Waals surface area contributed by atoms with Gasteiger partial charge >= 0.3 is 6.18 Å². The van der Waals surface area contributed by atoms with Gasteiger partial charge in [0.15, 0.2) is 0 Å². The zero-order chi connectivity index (χ0) is 21.3. The molecule has 0 saturated carbocycles. The van der Waals surface area contributed by atoms with Crippen molar-refractivity contribution in [3.05, 3.63) is 59.2 Å². The first-order chi connectivity index (χ1) is 14.3. The number of nitrogens with one attached hydrogen (secondary N) is 1. The van der Waals surface area contributed by atoms with Gasteiger partial charge in [0.2, 0.25) is 5.91 Å². The molecule has 8 heteroatoms. The fourth-order valence-electron chi connectivity index (χ4n) is 3.84. The van der Waals surface area contributed by atoms with Gasteiger partial charge in [0.25, 0.3) is 5.91 Å². The summed E-state index contributed by atoms with van der Waals surface area (Å²) in [5.41, 5.74) is 1.23. The molecule has 2 amide bonds. The highest BCUT2D eigenvalue weighted by Gasteiger charge is 2.31. The van der Waals surface area contributed by atoms with Gasteiger partial charge in [-0.05, 0) is 60.9 Å². The number of hydrogen-bond donors (Lipinski definition) is 1. The third kappa shape index (κ3) is 4.27. The van der Waals surface area contributed by atoms with Gasteiger partial charge in [-0.3, -0.25) is 9.59 Å². The van der Waals surface area contributed by atoms with E-state index in [0.29, 0.717) is 32.5 Å². The smallest absolute Gasteiger partial charge is 0.416 e. The van der Waals surface area contributed by atoms with Crippen molar-refractivity contribution in [1.82, 2.24) is 4.90 Å². The predicted octanol–water partition coefficient (Wildman–Crippen LogP) is 4.13. The minimum atomic E-state index is -4.43. The molecule has 0 spiro atoms. The van der Waals surface area contributed by atoms with Crippen molar-refractivity contribution in [3.63, 3.8) is 0 Å². The van der Waals surface area contributed by atoms with Crippen molar-refractivity contribution < 1.29 is 27.5 Å². The minimum Gasteiger partial charge on any atom is -0.493 e. The number of ether oxygens (including phenoxy) is 1. The summed E-state index contributed by atoms with van der Waals surface area (Å²) < 4.78 is 43.5. The summed E-state index contributed by atoms with van der Waals surface area (Å²) in [6.45, 7) is 1.42. The average molecular weight is 418 g/mol. The Kier molecular flexibility index (Phi) is 5.40. The minimum absolute atomic E-state index is 0.0875. The first-order valence-electron chi connectivity index (χ1n) is 9.84. The molecule has 1 saturated heterocycles. The standard InChI is InChI=1S/C22H21F3N2O3/c23-22(24,25)17-3-1-15(2-4-17)21(29)27-10-7-14(8-11-27)20(28)26-18-5-6-19-16(13-18)9-12-30-19/h1-6,13-14H,7-12H2,(H,26,28). The molecule has 30 heavy (non-hydrogen) atoms. The van der Waals surface area contributed by atoms with Crippen molar-refractivity contribution in [3.8, 4) is 5.75 Å². The van der Waals surface area contributed by atoms with Crippen LogP contribution in [0.2, 0.25) is 0 Å². The lowest BCUT2D eigenvalue weighted by Crippen LogP contribution is -2.41. The summed E-state index contributed by atoms with van der Waals surface area (Å²) in [4.78, 5) is 26.7. The summed E-state index contributed by atoms with van der Waals surface area (Å²) in [5.74, 6) is 0.228. The topological polar surface area (TPSA) is 58.6 Å². The molecule has 0 aromatic heterocycles. The van der Waals surface area contributed by atoms with E-state index in [1.54, 1.807) is 4.90 Å². The van der Waals surface area contributed by atoms with Gasteiger partial charge < -0.3 is 15.0 Å². The van der Waals surface area contributed by atoms with Gasteiger partial charge in [-0.15, -0.1) is 0 Å². The second-order valence-electron chi connectivity index (χ2n) is 7.55. The van der Waals surface area contributed by atoms with Crippen molar-refractivity contribution in [2.24, 2.45) is 5.92 Å². The van der Waals surface area contributed by atoms with Gasteiger partial charge in [-0.25, -0.2) is 0 Å². The summed E-state index contributed by atoms with van der Waals surface area (Å²) in [5, 5.41) is 2.93. The Bertz CT molecular complexity index is 949. The average Bonchev–Trinajstić information content (AvgIpc) is 3.21. The first kappa shape index (κ1) is 20.3. The molecule has 158 valence electrons. The summed E-state index contributed by atoms with van der Waals surface area (Å²) in [6.07, 6.45) is -2.60. The Morgan fingerprint density at radius 3 is 2.40 bits per heavy atom. The number of halogens is 3. The normalized spacial score (nSPS) is 16.7. The van der Waals surface area contributed by atoms with Gasteiger partial charge in [-0.2, -0.15) is 13.2 Å². The molecule has 1 N–H and O–H groups in total. The van der Waals surface area contributed by atoms with E-state index in [0.717, 1.165) is 35.6 Å². The zero-order valence-electron chi connectivity index (χ0n) is 16.2. The molecule has 4 rings (SSSR count). The number of rotatable bonds is 3. The molecule has 0 atom stereocenters. The van der Waals surface area contributed by atoms with Crippen LogP contribution >= 0.6 is 0 Å². The molecule has 0 unspecified atom stereocenters. The molecular weight excluding hydrogens is 397 g/mol. The van der Waals surface area contributed by atoms with Gasteiger partial charge in [0.05, 0.1) is 12.2 Å². The molecule has 2 aromatic rings. The number of benzene rings is 2. The fraction of sp³-hybridized carbons (Fsp3) is 0.364. The monoisotopic (exact) mass is 418 g/mol. The quantitative estimate of drug-likeness (QED) is 0.816. The fourth-order valence-corrected chi connectivity index (χ4v) is 3.84. The summed E-state index contributed by atoms with van der Waals surface area (Å²) in [7, 11) is 0. The lowest BCUT2D eigenvalue weighted by molar-refractivity contribution is -0.137. The third-order valence-electron chi connectivity index (χ3n) is 5.57. The molecule has 1 fully saturated rings. The van der Waals surface area contributed by atoms with E-state index in [4.69, 9.17) is 4.74 Å². The molecular formula is C22H21F3N2O3. The number of amides is 2. The number of hydrogen-bond acceptors (Lipinski definition) is 3. The Balaban J connectivity index is 1.32. The molecule has 2 heterocycles. The number of likely N-dealkylation sites (tertiary alicyclic amines) is 1. The Morgan fingerprint density at radius 1 is 1.03 bits per heavy atom. The van der Waals surface area contributed by atoms with E-state index in [2.05, 4.69) is 5.32 Å². The first-order valence-corrected chi connectivity index (χ1v) is 9.84. The van der Waals surface area contributed by atoms with E-state index in [9.17, 15) is 22.8 Å². The Hall–Kier alpha value is -3.03. The Labute approximate surface area is 171 Å². The molecule has 2 aliphatic heterocycles. The maximum Gasteiger partial charge on any atom is 0.416 e. The van der Waals surface area contributed by atoms with Gasteiger partial charge in [0.1, 0.15) is 5.75 Å². The second kappa shape index (κ2) is 8.01. The predicted molar refractivity (Wildman–Crippen MR) is 104 cm³/mol. The third-order valence-corrected chi connectivity index (χ3v) is 5.57. The maximum atomic E-state index is 12.7. The van der Waals surface area contributed by atoms with Crippen LogP contribution in [-0.2, 0) is 17.4 Å². The van der Waals surface area contributed by atoms with Crippen LogP contribution in [-0.4, -0.2) is 36.4 Å². The van der Waals surface area contributed by atoms with E-state index in [1.165, 1.54) is 12.1 Å². The van der Waals surface area contributed by atoms with Crippen molar-refractivity contribution >= 4 is 17.5 Å². The molecule has 5 nitrogen and oxygen atoms in total. The van der Waals surface area contributed by atoms with Crippen LogP contribution in [0.5, 0.6) is 5.75 Å². The van der Waals surface area contributed by atoms with Crippen LogP contribution in [0.25, 0.3) is 0 Å². The van der Waals surface area contributed by atoms with Crippen LogP contribution in [0.15, 0.2) is 42.5 Å². The van der Waals surface area contributed by atoms with E-state index in [-0.39, 0.29) is 23.3 Å². The molecule has 0 bridgehead atoms. The second-order valence-corrected chi connectivity index (χ2v) is 7.55. The van der Waals surface area contributed by atoms with Crippen LogP contribution in [0.4, 0.5) is 18.9 Å². The maximum absolute atomic E-state index is 12.7. The lowest BCUT2D eigenvalue weighted by Gasteiger charge is -2.31. The highest BCUT2D eigenvalue weighted by molar-refractivity contribution is 5.95. The number of piperidine rings is 1. The van der Waals surface area contributed by atoms with Crippen molar-refractivity contribution in [2.75, 3.05) is 25.0 Å². The summed E-state index contributed by atoms with van der Waals surface area (Å²) >= 11 is 0. The van der Waals surface area contributed by atoms with Crippen molar-refractivity contribution in [2.45, 2.75) is 25.4 Å². The number of anilines is 1. The molecule has 2 aromatic carbocycles.